The van der Waals surface area contributed by atoms with E-state index in [0.717, 1.165) is 19.4 Å². The van der Waals surface area contributed by atoms with E-state index in [4.69, 9.17) is 4.74 Å². The number of rotatable bonds is 8. The molecule has 0 saturated heterocycles. The van der Waals surface area contributed by atoms with Crippen LogP contribution < -0.4 is 15.4 Å². The molecule has 0 atom stereocenters. The molecule has 1 aromatic heterocycles. The molecule has 100 valence electrons. The lowest BCUT2D eigenvalue weighted by atomic mass is 10.5. The van der Waals surface area contributed by atoms with Crippen molar-refractivity contribution >= 4 is 11.9 Å². The van der Waals surface area contributed by atoms with E-state index in [-0.39, 0.29) is 0 Å². The molecule has 2 N–H and O–H groups in total. The Morgan fingerprint density at radius 1 is 1.11 bits per heavy atom. The average Bonchev–Trinajstić information content (AvgIpc) is 3.17. The Bertz CT molecular complexity index is 354. The van der Waals surface area contributed by atoms with Gasteiger partial charge in [0.25, 0.3) is 0 Å². The Morgan fingerprint density at radius 2 is 1.89 bits per heavy atom. The van der Waals surface area contributed by atoms with E-state index >= 15 is 0 Å². The Labute approximate surface area is 108 Å². The fourth-order valence-electron chi connectivity index (χ4n) is 1.41. The van der Waals surface area contributed by atoms with Gasteiger partial charge in [0.2, 0.25) is 11.9 Å². The zero-order valence-electron chi connectivity index (χ0n) is 11.1. The maximum atomic E-state index is 5.48. The molecule has 1 heterocycles. The molecule has 6 heteroatoms. The van der Waals surface area contributed by atoms with Crippen LogP contribution >= 0.6 is 0 Å². The third kappa shape index (κ3) is 4.01. The quantitative estimate of drug-likeness (QED) is 0.737. The van der Waals surface area contributed by atoms with Gasteiger partial charge in [-0.3, -0.25) is 0 Å². The first-order chi connectivity index (χ1) is 8.81. The topological polar surface area (TPSA) is 72.0 Å². The number of hydrogen-bond acceptors (Lipinski definition) is 6. The maximum Gasteiger partial charge on any atom is 0.323 e. The molecule has 18 heavy (non-hydrogen) atoms. The first-order valence-corrected chi connectivity index (χ1v) is 6.71. The second kappa shape index (κ2) is 6.37. The van der Waals surface area contributed by atoms with Crippen LogP contribution in [0.3, 0.4) is 0 Å². The van der Waals surface area contributed by atoms with E-state index < -0.39 is 0 Å². The lowest BCUT2D eigenvalue weighted by molar-refractivity contribution is 0.292. The van der Waals surface area contributed by atoms with Gasteiger partial charge in [0.15, 0.2) is 0 Å². The van der Waals surface area contributed by atoms with Crippen molar-refractivity contribution in [1.29, 1.82) is 0 Å². The predicted octanol–water partition coefficient (Wildman–Crippen LogP) is 2.06. The van der Waals surface area contributed by atoms with Crippen LogP contribution in [0.25, 0.3) is 0 Å². The summed E-state index contributed by atoms with van der Waals surface area (Å²) in [4.78, 5) is 12.8. The van der Waals surface area contributed by atoms with Gasteiger partial charge in [-0.15, -0.1) is 0 Å². The third-order valence-corrected chi connectivity index (χ3v) is 2.49. The summed E-state index contributed by atoms with van der Waals surface area (Å²) in [5, 5.41) is 6.43. The van der Waals surface area contributed by atoms with Crippen LogP contribution in [0.4, 0.5) is 11.9 Å². The highest BCUT2D eigenvalue weighted by atomic mass is 16.5. The molecule has 1 saturated carbocycles. The van der Waals surface area contributed by atoms with E-state index in [9.17, 15) is 0 Å². The summed E-state index contributed by atoms with van der Waals surface area (Å²) in [6.07, 6.45) is 4.35. The first-order valence-electron chi connectivity index (χ1n) is 6.71. The van der Waals surface area contributed by atoms with Gasteiger partial charge in [0, 0.05) is 12.6 Å². The van der Waals surface area contributed by atoms with Crippen molar-refractivity contribution in [3.8, 4) is 6.01 Å². The van der Waals surface area contributed by atoms with E-state index in [1.54, 1.807) is 0 Å². The lowest BCUT2D eigenvalue weighted by Gasteiger charge is -2.09. The number of hydrogen-bond donors (Lipinski definition) is 2. The summed E-state index contributed by atoms with van der Waals surface area (Å²) in [6.45, 7) is 5.63. The minimum atomic E-state index is 0.397. The molecule has 2 rings (SSSR count). The highest BCUT2D eigenvalue weighted by Crippen LogP contribution is 2.23. The molecule has 1 aliphatic rings. The third-order valence-electron chi connectivity index (χ3n) is 2.49. The van der Waals surface area contributed by atoms with Crippen molar-refractivity contribution in [3.05, 3.63) is 0 Å². The molecule has 0 aromatic carbocycles. The molecule has 0 unspecified atom stereocenters. The molecule has 6 nitrogen and oxygen atoms in total. The lowest BCUT2D eigenvalue weighted by Crippen LogP contribution is -2.12. The summed E-state index contributed by atoms with van der Waals surface area (Å²) < 4.78 is 5.48. The van der Waals surface area contributed by atoms with Crippen LogP contribution in [0.1, 0.15) is 39.5 Å². The summed E-state index contributed by atoms with van der Waals surface area (Å²) in [5.74, 6) is 1.19. The van der Waals surface area contributed by atoms with Crippen LogP contribution in [-0.2, 0) is 0 Å². The average molecular weight is 251 g/mol. The summed E-state index contributed by atoms with van der Waals surface area (Å²) in [5.41, 5.74) is 0. The van der Waals surface area contributed by atoms with Crippen molar-refractivity contribution in [2.75, 3.05) is 23.8 Å². The zero-order valence-corrected chi connectivity index (χ0v) is 11.1. The molecule has 1 aliphatic carbocycles. The largest absolute Gasteiger partial charge is 0.463 e. The number of nitrogens with one attached hydrogen (secondary N) is 2. The molecule has 1 aromatic rings. The normalized spacial score (nSPS) is 14.3. The van der Waals surface area contributed by atoms with Gasteiger partial charge < -0.3 is 15.4 Å². The van der Waals surface area contributed by atoms with Gasteiger partial charge in [-0.25, -0.2) is 0 Å². The van der Waals surface area contributed by atoms with Crippen LogP contribution in [0.15, 0.2) is 0 Å². The zero-order chi connectivity index (χ0) is 12.8. The van der Waals surface area contributed by atoms with Gasteiger partial charge in [0.05, 0.1) is 6.61 Å². The Morgan fingerprint density at radius 3 is 2.56 bits per heavy atom. The Hall–Kier alpha value is -1.59. The first kappa shape index (κ1) is 12.9. The van der Waals surface area contributed by atoms with Crippen LogP contribution in [-0.4, -0.2) is 34.1 Å². The van der Waals surface area contributed by atoms with E-state index in [0.29, 0.717) is 30.6 Å². The van der Waals surface area contributed by atoms with E-state index in [1.807, 2.05) is 0 Å². The smallest absolute Gasteiger partial charge is 0.323 e. The summed E-state index contributed by atoms with van der Waals surface area (Å²) >= 11 is 0. The van der Waals surface area contributed by atoms with Gasteiger partial charge in [-0.05, 0) is 25.7 Å². The van der Waals surface area contributed by atoms with Crippen molar-refractivity contribution < 1.29 is 4.74 Å². The fourth-order valence-corrected chi connectivity index (χ4v) is 1.41. The van der Waals surface area contributed by atoms with Crippen molar-refractivity contribution in [1.82, 2.24) is 15.0 Å². The molecular formula is C12H21N5O. The van der Waals surface area contributed by atoms with E-state index in [1.165, 1.54) is 12.8 Å². The monoisotopic (exact) mass is 251 g/mol. The second-order valence-electron chi connectivity index (χ2n) is 4.46. The summed E-state index contributed by atoms with van der Waals surface area (Å²) in [6, 6.07) is 0.916. The van der Waals surface area contributed by atoms with Crippen molar-refractivity contribution in [2.24, 2.45) is 0 Å². The molecular weight excluding hydrogens is 230 g/mol. The maximum absolute atomic E-state index is 5.48. The standard InChI is InChI=1S/C12H21N5O/c1-3-7-13-10-15-11(14-9-5-6-9)17-12(16-10)18-8-4-2/h9H,3-8H2,1-2H3,(H2,13,14,15,16,17). The van der Waals surface area contributed by atoms with Crippen molar-refractivity contribution in [2.45, 2.75) is 45.6 Å². The van der Waals surface area contributed by atoms with E-state index in [2.05, 4.69) is 39.4 Å². The highest BCUT2D eigenvalue weighted by Gasteiger charge is 2.22. The number of aromatic nitrogens is 3. The second-order valence-corrected chi connectivity index (χ2v) is 4.46. The number of nitrogens with zero attached hydrogens (tertiary/aromatic N) is 3. The molecule has 0 amide bonds. The Kier molecular flexibility index (Phi) is 4.55. The predicted molar refractivity (Wildman–Crippen MR) is 71.0 cm³/mol. The van der Waals surface area contributed by atoms with Gasteiger partial charge >= 0.3 is 6.01 Å². The fraction of sp³-hybridized carbons (Fsp3) is 0.750. The highest BCUT2D eigenvalue weighted by molar-refractivity contribution is 5.37. The van der Waals surface area contributed by atoms with Crippen molar-refractivity contribution in [3.63, 3.8) is 0 Å². The van der Waals surface area contributed by atoms with Crippen LogP contribution in [0.2, 0.25) is 0 Å². The van der Waals surface area contributed by atoms with Crippen LogP contribution in [0, 0.1) is 0 Å². The van der Waals surface area contributed by atoms with Crippen LogP contribution in [0.5, 0.6) is 6.01 Å². The minimum Gasteiger partial charge on any atom is -0.463 e. The molecule has 0 aliphatic heterocycles. The summed E-state index contributed by atoms with van der Waals surface area (Å²) in [7, 11) is 0. The molecule has 0 spiro atoms. The SMILES string of the molecule is CCCNc1nc(NC2CC2)nc(OCCC)n1. The molecule has 0 bridgehead atoms. The van der Waals surface area contributed by atoms with Gasteiger partial charge in [-0.1, -0.05) is 13.8 Å². The van der Waals surface area contributed by atoms with Gasteiger partial charge in [0.1, 0.15) is 0 Å². The minimum absolute atomic E-state index is 0.397. The molecule has 0 radical (unpaired) electrons. The van der Waals surface area contributed by atoms with Gasteiger partial charge in [-0.2, -0.15) is 15.0 Å². The molecule has 1 fully saturated rings. The Balaban J connectivity index is 2.05. The number of ether oxygens (including phenoxy) is 1. The number of anilines is 2.